The second-order valence-electron chi connectivity index (χ2n) is 4.30. The van der Waals surface area contributed by atoms with Crippen LogP contribution in [-0.2, 0) is 11.2 Å². The highest BCUT2D eigenvalue weighted by atomic mass is 35.5. The van der Waals surface area contributed by atoms with Crippen LogP contribution < -0.4 is 10.1 Å². The van der Waals surface area contributed by atoms with Crippen molar-refractivity contribution in [3.63, 3.8) is 0 Å². The summed E-state index contributed by atoms with van der Waals surface area (Å²) in [6.07, 6.45) is 2.62. The molecule has 0 spiro atoms. The third-order valence-corrected chi connectivity index (χ3v) is 3.39. The highest BCUT2D eigenvalue weighted by Gasteiger charge is 2.11. The van der Waals surface area contributed by atoms with Gasteiger partial charge in [-0.3, -0.25) is 4.79 Å². The maximum Gasteiger partial charge on any atom is 0.146 e. The number of ketones is 1. The van der Waals surface area contributed by atoms with E-state index in [-0.39, 0.29) is 11.8 Å². The summed E-state index contributed by atoms with van der Waals surface area (Å²) < 4.78 is 5.10. The molecule has 0 heterocycles. The predicted octanol–water partition coefficient (Wildman–Crippen LogP) is 2.85. The average molecular weight is 270 g/mol. The van der Waals surface area contributed by atoms with Crippen molar-refractivity contribution in [2.24, 2.45) is 0 Å². The van der Waals surface area contributed by atoms with Crippen molar-refractivity contribution in [1.29, 1.82) is 0 Å². The van der Waals surface area contributed by atoms with E-state index in [0.717, 1.165) is 35.6 Å². The molecule has 0 bridgehead atoms. The number of hydrogen-bond acceptors (Lipinski definition) is 3. The number of benzene rings is 1. The number of rotatable bonds is 7. The molecule has 0 saturated carbocycles. The minimum absolute atomic E-state index is 0.0537. The fourth-order valence-electron chi connectivity index (χ4n) is 1.91. The van der Waals surface area contributed by atoms with Crippen LogP contribution in [0.25, 0.3) is 0 Å². The van der Waals surface area contributed by atoms with Gasteiger partial charge in [-0.2, -0.15) is 0 Å². The Balaban J connectivity index is 2.51. The molecular formula is C14H20ClNO2. The van der Waals surface area contributed by atoms with Gasteiger partial charge < -0.3 is 10.1 Å². The molecule has 18 heavy (non-hydrogen) atoms. The first-order chi connectivity index (χ1) is 8.58. The molecule has 3 nitrogen and oxygen atoms in total. The van der Waals surface area contributed by atoms with E-state index in [0.29, 0.717) is 0 Å². The van der Waals surface area contributed by atoms with E-state index in [4.69, 9.17) is 16.3 Å². The molecule has 1 unspecified atom stereocenters. The van der Waals surface area contributed by atoms with Crippen LogP contribution in [0.2, 0.25) is 5.02 Å². The highest BCUT2D eigenvalue weighted by Crippen LogP contribution is 2.23. The molecule has 4 heteroatoms. The number of carbonyl (C=O) groups is 1. The van der Waals surface area contributed by atoms with Crippen LogP contribution in [0.4, 0.5) is 0 Å². The molecule has 0 amide bonds. The van der Waals surface area contributed by atoms with Crippen molar-refractivity contribution in [3.05, 3.63) is 28.8 Å². The number of halogens is 1. The zero-order valence-corrected chi connectivity index (χ0v) is 11.9. The Morgan fingerprint density at radius 2 is 2.22 bits per heavy atom. The normalized spacial score (nSPS) is 12.2. The second kappa shape index (κ2) is 7.39. The summed E-state index contributed by atoms with van der Waals surface area (Å²) in [4.78, 5) is 11.3. The zero-order valence-electron chi connectivity index (χ0n) is 11.1. The largest absolute Gasteiger partial charge is 0.497 e. The second-order valence-corrected chi connectivity index (χ2v) is 4.71. The van der Waals surface area contributed by atoms with Gasteiger partial charge in [-0.05, 0) is 50.9 Å². The number of nitrogens with one attached hydrogen (secondary N) is 1. The zero-order chi connectivity index (χ0) is 13.5. The van der Waals surface area contributed by atoms with Gasteiger partial charge in [0, 0.05) is 5.02 Å². The van der Waals surface area contributed by atoms with Crippen LogP contribution in [0.15, 0.2) is 18.2 Å². The van der Waals surface area contributed by atoms with E-state index in [2.05, 4.69) is 5.32 Å². The topological polar surface area (TPSA) is 38.3 Å². The molecule has 1 aromatic rings. The highest BCUT2D eigenvalue weighted by molar-refractivity contribution is 6.31. The van der Waals surface area contributed by atoms with Crippen LogP contribution in [0.5, 0.6) is 5.75 Å². The van der Waals surface area contributed by atoms with Gasteiger partial charge in [0.15, 0.2) is 0 Å². The Bertz CT molecular complexity index is 407. The van der Waals surface area contributed by atoms with Crippen LogP contribution in [0, 0.1) is 0 Å². The van der Waals surface area contributed by atoms with E-state index in [1.165, 1.54) is 0 Å². The third-order valence-electron chi connectivity index (χ3n) is 3.04. The van der Waals surface area contributed by atoms with Gasteiger partial charge in [0.25, 0.3) is 0 Å². The minimum Gasteiger partial charge on any atom is -0.497 e. The maximum atomic E-state index is 11.3. The Kier molecular flexibility index (Phi) is 6.16. The van der Waals surface area contributed by atoms with E-state index < -0.39 is 0 Å². The summed E-state index contributed by atoms with van der Waals surface area (Å²) in [5.74, 6) is 0.943. The number of carbonyl (C=O) groups excluding carboxylic acids is 1. The van der Waals surface area contributed by atoms with Crippen molar-refractivity contribution in [2.45, 2.75) is 32.2 Å². The van der Waals surface area contributed by atoms with Crippen molar-refractivity contribution < 1.29 is 9.53 Å². The molecule has 0 aliphatic heterocycles. The summed E-state index contributed by atoms with van der Waals surface area (Å²) in [5.41, 5.74) is 1.09. The van der Waals surface area contributed by atoms with Crippen molar-refractivity contribution in [1.82, 2.24) is 5.32 Å². The molecule has 0 aliphatic carbocycles. The Morgan fingerprint density at radius 1 is 1.50 bits per heavy atom. The number of hydrogen-bond donors (Lipinski definition) is 1. The molecule has 0 saturated heterocycles. The molecule has 100 valence electrons. The van der Waals surface area contributed by atoms with Gasteiger partial charge in [0.05, 0.1) is 13.2 Å². The number of Topliss-reactive ketones (excluding diaryl/α,β-unsaturated/α-hetero) is 1. The SMILES string of the molecule is CNC(CCCc1ccc(OC)cc1Cl)C(C)=O. The van der Waals surface area contributed by atoms with Crippen molar-refractivity contribution in [2.75, 3.05) is 14.2 Å². The standard InChI is InChI=1S/C14H20ClNO2/c1-10(17)14(16-2)6-4-5-11-7-8-12(18-3)9-13(11)15/h7-9,14,16H,4-6H2,1-3H3. The Morgan fingerprint density at radius 3 is 2.72 bits per heavy atom. The van der Waals surface area contributed by atoms with Crippen molar-refractivity contribution in [3.8, 4) is 5.75 Å². The molecule has 1 rings (SSSR count). The molecule has 0 aliphatic rings. The van der Waals surface area contributed by atoms with Crippen LogP contribution in [0.1, 0.15) is 25.3 Å². The monoisotopic (exact) mass is 269 g/mol. The van der Waals surface area contributed by atoms with Crippen LogP contribution in [0.3, 0.4) is 0 Å². The quantitative estimate of drug-likeness (QED) is 0.827. The molecule has 1 N–H and O–H groups in total. The summed E-state index contributed by atoms with van der Waals surface area (Å²) in [5, 5.41) is 3.74. The van der Waals surface area contributed by atoms with Gasteiger partial charge in [-0.1, -0.05) is 17.7 Å². The molecule has 1 aromatic carbocycles. The Labute approximate surface area is 113 Å². The summed E-state index contributed by atoms with van der Waals surface area (Å²) in [6, 6.07) is 5.64. The van der Waals surface area contributed by atoms with Gasteiger partial charge in [0.1, 0.15) is 11.5 Å². The van der Waals surface area contributed by atoms with Crippen LogP contribution >= 0.6 is 11.6 Å². The lowest BCUT2D eigenvalue weighted by atomic mass is 10.0. The molecule has 0 radical (unpaired) electrons. The number of ether oxygens (including phenoxy) is 1. The fraction of sp³-hybridized carbons (Fsp3) is 0.500. The van der Waals surface area contributed by atoms with Gasteiger partial charge in [-0.15, -0.1) is 0 Å². The Hall–Kier alpha value is -1.06. The number of methoxy groups -OCH3 is 1. The fourth-order valence-corrected chi connectivity index (χ4v) is 2.17. The lowest BCUT2D eigenvalue weighted by Gasteiger charge is -2.12. The van der Waals surface area contributed by atoms with Gasteiger partial charge >= 0.3 is 0 Å². The first-order valence-electron chi connectivity index (χ1n) is 6.08. The molecule has 1 atom stereocenters. The van der Waals surface area contributed by atoms with Crippen LogP contribution in [-0.4, -0.2) is 26.0 Å². The first-order valence-corrected chi connectivity index (χ1v) is 6.46. The van der Waals surface area contributed by atoms with Gasteiger partial charge in [0.2, 0.25) is 0 Å². The molecule has 0 aromatic heterocycles. The minimum atomic E-state index is -0.0537. The van der Waals surface area contributed by atoms with Gasteiger partial charge in [-0.25, -0.2) is 0 Å². The maximum absolute atomic E-state index is 11.3. The summed E-state index contributed by atoms with van der Waals surface area (Å²) >= 11 is 6.16. The number of aryl methyl sites for hydroxylation is 1. The molecular weight excluding hydrogens is 250 g/mol. The third kappa shape index (κ3) is 4.31. The summed E-state index contributed by atoms with van der Waals surface area (Å²) in [6.45, 7) is 1.61. The van der Waals surface area contributed by atoms with Crippen molar-refractivity contribution >= 4 is 17.4 Å². The summed E-state index contributed by atoms with van der Waals surface area (Å²) in [7, 11) is 3.43. The predicted molar refractivity (Wildman–Crippen MR) is 74.5 cm³/mol. The van der Waals surface area contributed by atoms with E-state index in [9.17, 15) is 4.79 Å². The lowest BCUT2D eigenvalue weighted by Crippen LogP contribution is -2.32. The van der Waals surface area contributed by atoms with E-state index in [1.54, 1.807) is 14.0 Å². The number of likely N-dealkylation sites (N-methyl/N-ethyl adjacent to an activating group) is 1. The lowest BCUT2D eigenvalue weighted by molar-refractivity contribution is -0.119. The first kappa shape index (κ1) is 15.0. The average Bonchev–Trinajstić information content (AvgIpc) is 2.35. The molecule has 0 fully saturated rings. The van der Waals surface area contributed by atoms with E-state index >= 15 is 0 Å². The van der Waals surface area contributed by atoms with E-state index in [1.807, 2.05) is 25.2 Å². The smallest absolute Gasteiger partial charge is 0.146 e.